The van der Waals surface area contributed by atoms with Gasteiger partial charge in [-0.25, -0.2) is 4.39 Å². The number of halogens is 2. The van der Waals surface area contributed by atoms with Crippen LogP contribution in [0.3, 0.4) is 0 Å². The second kappa shape index (κ2) is 8.50. The molecule has 2 aromatic heterocycles. The summed E-state index contributed by atoms with van der Waals surface area (Å²) in [5, 5.41) is 11.8. The lowest BCUT2D eigenvalue weighted by molar-refractivity contribution is -0.113. The summed E-state index contributed by atoms with van der Waals surface area (Å²) in [4.78, 5) is 12.3. The van der Waals surface area contributed by atoms with Crippen molar-refractivity contribution in [3.05, 3.63) is 77.8 Å². The van der Waals surface area contributed by atoms with Gasteiger partial charge in [0, 0.05) is 10.7 Å². The zero-order valence-corrected chi connectivity index (χ0v) is 16.5. The molecule has 0 saturated carbocycles. The molecule has 0 spiro atoms. The van der Waals surface area contributed by atoms with Crippen molar-refractivity contribution in [2.75, 3.05) is 11.1 Å². The summed E-state index contributed by atoms with van der Waals surface area (Å²) < 4.78 is 21.1. The summed E-state index contributed by atoms with van der Waals surface area (Å²) in [6, 6.07) is 17.0. The van der Waals surface area contributed by atoms with Crippen molar-refractivity contribution in [3.8, 4) is 17.3 Å². The van der Waals surface area contributed by atoms with Crippen molar-refractivity contribution >= 4 is 35.0 Å². The van der Waals surface area contributed by atoms with E-state index < -0.39 is 11.7 Å². The zero-order valence-electron chi connectivity index (χ0n) is 14.9. The summed E-state index contributed by atoms with van der Waals surface area (Å²) >= 11 is 7.04. The largest absolute Gasteiger partial charge is 0.461 e. The number of nitrogens with one attached hydrogen (secondary N) is 1. The van der Waals surface area contributed by atoms with Gasteiger partial charge in [-0.1, -0.05) is 41.6 Å². The fourth-order valence-electron chi connectivity index (χ4n) is 2.65. The van der Waals surface area contributed by atoms with Gasteiger partial charge >= 0.3 is 0 Å². The van der Waals surface area contributed by atoms with E-state index in [-0.39, 0.29) is 11.4 Å². The molecule has 0 aliphatic rings. The molecule has 0 bridgehead atoms. The number of benzene rings is 2. The van der Waals surface area contributed by atoms with Crippen LogP contribution in [0.5, 0.6) is 0 Å². The maximum Gasteiger partial charge on any atom is 0.234 e. The van der Waals surface area contributed by atoms with Crippen LogP contribution in [0, 0.1) is 5.82 Å². The van der Waals surface area contributed by atoms with Gasteiger partial charge in [0.1, 0.15) is 5.82 Å². The number of thioether (sulfide) groups is 1. The average molecular weight is 429 g/mol. The fraction of sp³-hybridized carbons (Fsp3) is 0.0500. The molecule has 2 heterocycles. The number of furan rings is 1. The summed E-state index contributed by atoms with van der Waals surface area (Å²) in [7, 11) is 0. The van der Waals surface area contributed by atoms with Crippen LogP contribution >= 0.6 is 23.4 Å². The number of carbonyl (C=O) groups is 1. The Bertz CT molecular complexity index is 1130. The van der Waals surface area contributed by atoms with Gasteiger partial charge in [0.05, 0.1) is 17.7 Å². The van der Waals surface area contributed by atoms with Crippen molar-refractivity contribution in [3.63, 3.8) is 0 Å². The smallest absolute Gasteiger partial charge is 0.234 e. The highest BCUT2D eigenvalue weighted by Crippen LogP contribution is 2.28. The Morgan fingerprint density at radius 2 is 1.97 bits per heavy atom. The fourth-order valence-corrected chi connectivity index (χ4v) is 3.57. The van der Waals surface area contributed by atoms with Crippen LogP contribution in [0.25, 0.3) is 17.3 Å². The number of nitrogens with zero attached hydrogens (tertiary/aromatic N) is 3. The molecule has 146 valence electrons. The van der Waals surface area contributed by atoms with E-state index in [1.165, 1.54) is 30.0 Å². The van der Waals surface area contributed by atoms with Crippen LogP contribution in [0.2, 0.25) is 5.02 Å². The molecule has 0 radical (unpaired) electrons. The number of hydrogen-bond acceptors (Lipinski definition) is 5. The topological polar surface area (TPSA) is 73.0 Å². The van der Waals surface area contributed by atoms with E-state index in [1.807, 2.05) is 30.3 Å². The minimum Gasteiger partial charge on any atom is -0.461 e. The first-order valence-electron chi connectivity index (χ1n) is 8.54. The normalized spacial score (nSPS) is 10.8. The van der Waals surface area contributed by atoms with Gasteiger partial charge in [-0.2, -0.15) is 0 Å². The Labute approximate surface area is 174 Å². The molecule has 29 heavy (non-hydrogen) atoms. The quantitative estimate of drug-likeness (QED) is 0.435. The first kappa shape index (κ1) is 19.2. The molecule has 2 aromatic carbocycles. The van der Waals surface area contributed by atoms with Crippen molar-refractivity contribution in [1.29, 1.82) is 0 Å². The molecule has 0 aliphatic heterocycles. The van der Waals surface area contributed by atoms with Gasteiger partial charge in [0.15, 0.2) is 10.9 Å². The second-order valence-corrected chi connectivity index (χ2v) is 7.29. The Morgan fingerprint density at radius 1 is 1.14 bits per heavy atom. The van der Waals surface area contributed by atoms with Gasteiger partial charge in [-0.15, -0.1) is 10.2 Å². The molecule has 0 saturated heterocycles. The molecule has 4 rings (SSSR count). The molecule has 0 atom stereocenters. The van der Waals surface area contributed by atoms with Crippen LogP contribution < -0.4 is 5.32 Å². The third-order valence-electron chi connectivity index (χ3n) is 3.92. The predicted molar refractivity (Wildman–Crippen MR) is 110 cm³/mol. The van der Waals surface area contributed by atoms with Crippen LogP contribution in [0.1, 0.15) is 0 Å². The molecule has 6 nitrogen and oxygen atoms in total. The first-order chi connectivity index (χ1) is 14.1. The molecular weight excluding hydrogens is 415 g/mol. The maximum atomic E-state index is 13.8. The monoisotopic (exact) mass is 428 g/mol. The van der Waals surface area contributed by atoms with Crippen molar-refractivity contribution in [2.24, 2.45) is 0 Å². The van der Waals surface area contributed by atoms with Crippen molar-refractivity contribution in [2.45, 2.75) is 5.16 Å². The Hall–Kier alpha value is -3.10. The minimum absolute atomic E-state index is 0.00900. The number of anilines is 1. The van der Waals surface area contributed by atoms with Crippen LogP contribution in [0.15, 0.2) is 76.5 Å². The predicted octanol–water partition coefficient (Wildman–Crippen LogP) is 5.05. The third kappa shape index (κ3) is 4.33. The third-order valence-corrected chi connectivity index (χ3v) is 5.09. The number of amides is 1. The highest BCUT2D eigenvalue weighted by molar-refractivity contribution is 7.99. The van der Waals surface area contributed by atoms with E-state index >= 15 is 0 Å². The van der Waals surface area contributed by atoms with Gasteiger partial charge in [0.2, 0.25) is 11.7 Å². The van der Waals surface area contributed by atoms with Crippen molar-refractivity contribution < 1.29 is 13.6 Å². The lowest BCUT2D eigenvalue weighted by atomic mass is 10.3. The van der Waals surface area contributed by atoms with Crippen LogP contribution in [-0.4, -0.2) is 26.4 Å². The lowest BCUT2D eigenvalue weighted by Crippen LogP contribution is -2.15. The summed E-state index contributed by atoms with van der Waals surface area (Å²) in [5.74, 6) is 0.136. The van der Waals surface area contributed by atoms with E-state index in [9.17, 15) is 9.18 Å². The van der Waals surface area contributed by atoms with Gasteiger partial charge in [-0.3, -0.25) is 9.36 Å². The molecular formula is C20H14ClFN4O2S. The van der Waals surface area contributed by atoms with E-state index in [2.05, 4.69) is 15.5 Å². The average Bonchev–Trinajstić information content (AvgIpc) is 3.39. The number of aromatic nitrogens is 3. The highest BCUT2D eigenvalue weighted by atomic mass is 35.5. The highest BCUT2D eigenvalue weighted by Gasteiger charge is 2.19. The van der Waals surface area contributed by atoms with E-state index in [0.717, 1.165) is 5.69 Å². The SMILES string of the molecule is O=C(CSc1nnc(-c2ccco2)n1-c1ccccc1)Nc1cc(Cl)ccc1F. The first-order valence-corrected chi connectivity index (χ1v) is 9.90. The van der Waals surface area contributed by atoms with Crippen LogP contribution in [0.4, 0.5) is 10.1 Å². The van der Waals surface area contributed by atoms with E-state index in [0.29, 0.717) is 21.8 Å². The molecule has 1 amide bonds. The second-order valence-electron chi connectivity index (χ2n) is 5.92. The maximum absolute atomic E-state index is 13.8. The number of rotatable bonds is 6. The number of carbonyl (C=O) groups excluding carboxylic acids is 1. The minimum atomic E-state index is -0.555. The van der Waals surface area contributed by atoms with E-state index in [1.54, 1.807) is 23.0 Å². The van der Waals surface area contributed by atoms with Crippen molar-refractivity contribution in [1.82, 2.24) is 14.8 Å². The molecule has 4 aromatic rings. The molecule has 0 fully saturated rings. The standard InChI is InChI=1S/C20H14ClFN4O2S/c21-13-8-9-15(22)16(11-13)23-18(27)12-29-20-25-24-19(17-7-4-10-28-17)26(20)14-5-2-1-3-6-14/h1-11H,12H2,(H,23,27). The molecule has 9 heteroatoms. The Kier molecular flexibility index (Phi) is 5.64. The summed E-state index contributed by atoms with van der Waals surface area (Å²) in [6.07, 6.45) is 1.55. The summed E-state index contributed by atoms with van der Waals surface area (Å²) in [5.41, 5.74) is 0.858. The molecule has 0 unspecified atom stereocenters. The molecule has 0 aliphatic carbocycles. The Balaban J connectivity index is 1.56. The lowest BCUT2D eigenvalue weighted by Gasteiger charge is -2.09. The van der Waals surface area contributed by atoms with Crippen LogP contribution in [-0.2, 0) is 4.79 Å². The van der Waals surface area contributed by atoms with Gasteiger partial charge in [0.25, 0.3) is 0 Å². The van der Waals surface area contributed by atoms with Gasteiger partial charge < -0.3 is 9.73 Å². The summed E-state index contributed by atoms with van der Waals surface area (Å²) in [6.45, 7) is 0. The van der Waals surface area contributed by atoms with Gasteiger partial charge in [-0.05, 0) is 42.5 Å². The number of hydrogen-bond donors (Lipinski definition) is 1. The molecule has 1 N–H and O–H groups in total. The van der Waals surface area contributed by atoms with E-state index in [4.69, 9.17) is 16.0 Å². The zero-order chi connectivity index (χ0) is 20.2. The Morgan fingerprint density at radius 3 is 2.72 bits per heavy atom. The number of para-hydroxylation sites is 1.